The number of allylic oxidation sites excluding steroid dienone is 1. The van der Waals surface area contributed by atoms with E-state index in [-0.39, 0.29) is 11.5 Å². The summed E-state index contributed by atoms with van der Waals surface area (Å²) in [6.45, 7) is 4.46. The largest absolute Gasteiger partial charge is 0.423 e. The lowest BCUT2D eigenvalue weighted by molar-refractivity contribution is -0.134. The molecule has 0 aliphatic rings. The lowest BCUT2D eigenvalue weighted by atomic mass is 10.2. The molecule has 0 radical (unpaired) electrons. The van der Waals surface area contributed by atoms with Crippen LogP contribution in [0.1, 0.15) is 26.3 Å². The summed E-state index contributed by atoms with van der Waals surface area (Å²) >= 11 is 0. The van der Waals surface area contributed by atoms with Crippen molar-refractivity contribution in [2.24, 2.45) is 0 Å². The quantitative estimate of drug-likeness (QED) is 0.595. The van der Waals surface area contributed by atoms with Gasteiger partial charge in [-0.15, -0.1) is 0 Å². The van der Waals surface area contributed by atoms with Crippen molar-refractivity contribution >= 4 is 18.0 Å². The van der Waals surface area contributed by atoms with Crippen LogP contribution in [0.5, 0.6) is 11.5 Å². The molecule has 0 amide bonds. The second-order valence-electron chi connectivity index (χ2n) is 3.39. The molecule has 4 heteroatoms. The highest BCUT2D eigenvalue weighted by Crippen LogP contribution is 2.29. The highest BCUT2D eigenvalue weighted by Gasteiger charge is 2.10. The number of hydrogen-bond donors (Lipinski definition) is 0. The average Bonchev–Trinajstić information content (AvgIpc) is 2.21. The molecular formula is C13H14O4. The predicted molar refractivity (Wildman–Crippen MR) is 63.8 cm³/mol. The Labute approximate surface area is 99.8 Å². The topological polar surface area (TPSA) is 52.6 Å². The van der Waals surface area contributed by atoms with E-state index in [0.717, 1.165) is 5.56 Å². The van der Waals surface area contributed by atoms with Gasteiger partial charge in [-0.1, -0.05) is 18.2 Å². The van der Waals surface area contributed by atoms with Crippen LogP contribution in [0.15, 0.2) is 24.3 Å². The molecule has 1 aromatic rings. The molecule has 0 unspecified atom stereocenters. The van der Waals surface area contributed by atoms with E-state index in [4.69, 9.17) is 9.47 Å². The number of esters is 2. The van der Waals surface area contributed by atoms with E-state index in [1.54, 1.807) is 18.2 Å². The molecule has 90 valence electrons. The van der Waals surface area contributed by atoms with Crippen LogP contribution >= 0.6 is 0 Å². The Kier molecular flexibility index (Phi) is 4.46. The second-order valence-corrected chi connectivity index (χ2v) is 3.39. The first-order valence-corrected chi connectivity index (χ1v) is 5.16. The minimum Gasteiger partial charge on any atom is -0.423 e. The molecule has 4 nitrogen and oxygen atoms in total. The molecule has 1 rings (SSSR count). The van der Waals surface area contributed by atoms with Gasteiger partial charge >= 0.3 is 11.9 Å². The fraction of sp³-hybridized carbons (Fsp3) is 0.231. The molecule has 0 aliphatic carbocycles. The zero-order valence-electron chi connectivity index (χ0n) is 10.0. The monoisotopic (exact) mass is 234 g/mol. The Morgan fingerprint density at radius 1 is 1.06 bits per heavy atom. The normalized spacial score (nSPS) is 10.3. The number of carbonyl (C=O) groups excluding carboxylic acids is 2. The van der Waals surface area contributed by atoms with Gasteiger partial charge in [-0.05, 0) is 24.6 Å². The fourth-order valence-corrected chi connectivity index (χ4v) is 1.29. The summed E-state index contributed by atoms with van der Waals surface area (Å²) in [6.07, 6.45) is 3.71. The molecule has 17 heavy (non-hydrogen) atoms. The Balaban J connectivity index is 3.10. The van der Waals surface area contributed by atoms with Crippen LogP contribution < -0.4 is 9.47 Å². The first-order chi connectivity index (χ1) is 8.02. The number of benzene rings is 1. The summed E-state index contributed by atoms with van der Waals surface area (Å²) in [5.74, 6) is -0.447. The van der Waals surface area contributed by atoms with E-state index in [1.807, 2.05) is 19.1 Å². The Bertz CT molecular complexity index is 460. The summed E-state index contributed by atoms with van der Waals surface area (Å²) in [6, 6.07) is 5.00. The highest BCUT2D eigenvalue weighted by molar-refractivity contribution is 5.74. The van der Waals surface area contributed by atoms with Crippen molar-refractivity contribution in [3.8, 4) is 11.5 Å². The third kappa shape index (κ3) is 4.10. The lowest BCUT2D eigenvalue weighted by Crippen LogP contribution is -2.07. The summed E-state index contributed by atoms with van der Waals surface area (Å²) in [5.41, 5.74) is 0.861. The number of rotatable bonds is 3. The minimum atomic E-state index is -0.462. The maximum absolute atomic E-state index is 10.9. The fourth-order valence-electron chi connectivity index (χ4n) is 1.29. The summed E-state index contributed by atoms with van der Waals surface area (Å²) in [5, 5.41) is 0. The van der Waals surface area contributed by atoms with Crippen molar-refractivity contribution in [1.82, 2.24) is 0 Å². The van der Waals surface area contributed by atoms with Crippen LogP contribution in [0.4, 0.5) is 0 Å². The van der Waals surface area contributed by atoms with Gasteiger partial charge in [0.05, 0.1) is 0 Å². The van der Waals surface area contributed by atoms with E-state index in [1.165, 1.54) is 13.8 Å². The van der Waals surface area contributed by atoms with Gasteiger partial charge in [0.25, 0.3) is 0 Å². The zero-order valence-corrected chi connectivity index (χ0v) is 10.0. The first kappa shape index (κ1) is 13.0. The van der Waals surface area contributed by atoms with E-state index in [9.17, 15) is 9.59 Å². The van der Waals surface area contributed by atoms with Crippen molar-refractivity contribution in [3.05, 3.63) is 29.8 Å². The van der Waals surface area contributed by atoms with Gasteiger partial charge in [0.15, 0.2) is 11.5 Å². The first-order valence-electron chi connectivity index (χ1n) is 5.16. The molecule has 0 fully saturated rings. The lowest BCUT2D eigenvalue weighted by Gasteiger charge is -2.09. The molecule has 1 aromatic carbocycles. The van der Waals surface area contributed by atoms with Crippen molar-refractivity contribution in [3.63, 3.8) is 0 Å². The molecule has 0 N–H and O–H groups in total. The Morgan fingerprint density at radius 2 is 1.65 bits per heavy atom. The Morgan fingerprint density at radius 3 is 2.18 bits per heavy atom. The van der Waals surface area contributed by atoms with Crippen molar-refractivity contribution in [2.45, 2.75) is 20.8 Å². The second kappa shape index (κ2) is 5.84. The third-order valence-electron chi connectivity index (χ3n) is 1.83. The molecule has 0 saturated carbocycles. The van der Waals surface area contributed by atoms with E-state index >= 15 is 0 Å². The van der Waals surface area contributed by atoms with Gasteiger partial charge in [-0.3, -0.25) is 9.59 Å². The molecular weight excluding hydrogens is 220 g/mol. The van der Waals surface area contributed by atoms with Crippen molar-refractivity contribution in [2.75, 3.05) is 0 Å². The van der Waals surface area contributed by atoms with Gasteiger partial charge in [-0.25, -0.2) is 0 Å². The molecule has 0 aromatic heterocycles. The SMILES string of the molecule is CC=Cc1ccc(OC(C)=O)c(OC(C)=O)c1. The maximum Gasteiger partial charge on any atom is 0.308 e. The molecule has 0 atom stereocenters. The maximum atomic E-state index is 10.9. The van der Waals surface area contributed by atoms with Crippen LogP contribution in [-0.2, 0) is 9.59 Å². The highest BCUT2D eigenvalue weighted by atomic mass is 16.6. The summed E-state index contributed by atoms with van der Waals surface area (Å²) in [7, 11) is 0. The van der Waals surface area contributed by atoms with E-state index in [0.29, 0.717) is 0 Å². The predicted octanol–water partition coefficient (Wildman–Crippen LogP) is 2.57. The van der Waals surface area contributed by atoms with Gasteiger partial charge in [0.1, 0.15) is 0 Å². The molecule has 0 bridgehead atoms. The van der Waals surface area contributed by atoms with Gasteiger partial charge < -0.3 is 9.47 Å². The number of hydrogen-bond acceptors (Lipinski definition) is 4. The van der Waals surface area contributed by atoms with Crippen LogP contribution in [0, 0.1) is 0 Å². The van der Waals surface area contributed by atoms with Gasteiger partial charge in [0, 0.05) is 13.8 Å². The summed E-state index contributed by atoms with van der Waals surface area (Å²) in [4.78, 5) is 21.8. The van der Waals surface area contributed by atoms with Gasteiger partial charge in [0.2, 0.25) is 0 Å². The minimum absolute atomic E-state index is 0.237. The Hall–Kier alpha value is -2.10. The number of ether oxygens (including phenoxy) is 2. The van der Waals surface area contributed by atoms with E-state index in [2.05, 4.69) is 0 Å². The molecule has 0 spiro atoms. The zero-order chi connectivity index (χ0) is 12.8. The summed E-state index contributed by atoms with van der Waals surface area (Å²) < 4.78 is 9.92. The van der Waals surface area contributed by atoms with Crippen molar-refractivity contribution in [1.29, 1.82) is 0 Å². The standard InChI is InChI=1S/C13H14O4/c1-4-5-11-6-7-12(16-9(2)14)13(8-11)17-10(3)15/h4-8H,1-3H3. The van der Waals surface area contributed by atoms with Crippen LogP contribution in [0.3, 0.4) is 0 Å². The van der Waals surface area contributed by atoms with Crippen LogP contribution in [0.25, 0.3) is 6.08 Å². The van der Waals surface area contributed by atoms with Crippen molar-refractivity contribution < 1.29 is 19.1 Å². The molecule has 0 aliphatic heterocycles. The smallest absolute Gasteiger partial charge is 0.308 e. The molecule has 0 heterocycles. The van der Waals surface area contributed by atoms with E-state index < -0.39 is 11.9 Å². The van der Waals surface area contributed by atoms with Crippen LogP contribution in [0.2, 0.25) is 0 Å². The number of carbonyl (C=O) groups is 2. The average molecular weight is 234 g/mol. The third-order valence-corrected chi connectivity index (χ3v) is 1.83. The van der Waals surface area contributed by atoms with Gasteiger partial charge in [-0.2, -0.15) is 0 Å². The van der Waals surface area contributed by atoms with Crippen LogP contribution in [-0.4, -0.2) is 11.9 Å². The molecule has 0 saturated heterocycles.